The van der Waals surface area contributed by atoms with Gasteiger partial charge in [-0.15, -0.1) is 0 Å². The first-order valence-electron chi connectivity index (χ1n) is 8.86. The average Bonchev–Trinajstić information content (AvgIpc) is 3.16. The highest BCUT2D eigenvalue weighted by atomic mass is 16.3. The van der Waals surface area contributed by atoms with Crippen LogP contribution in [-0.2, 0) is 11.3 Å². The first kappa shape index (κ1) is 17.5. The van der Waals surface area contributed by atoms with Crippen LogP contribution in [0.15, 0.2) is 22.8 Å². The molecule has 24 heavy (non-hydrogen) atoms. The first-order valence-corrected chi connectivity index (χ1v) is 8.86. The predicted molar refractivity (Wildman–Crippen MR) is 91.4 cm³/mol. The summed E-state index contributed by atoms with van der Waals surface area (Å²) in [4.78, 5) is 19.0. The van der Waals surface area contributed by atoms with Crippen molar-refractivity contribution in [2.45, 2.75) is 31.4 Å². The van der Waals surface area contributed by atoms with Crippen molar-refractivity contribution in [1.29, 1.82) is 0 Å². The van der Waals surface area contributed by atoms with Crippen LogP contribution in [0.25, 0.3) is 0 Å². The standard InChI is InChI=1S/C18H29N3O3/c1-19(2)13-18(23)7-10-21(14-18)17(22)15-5-8-20(9-6-15)12-16-4-3-11-24-16/h3-4,11,15,23H,5-10,12-14H2,1-2H3/t18-/m0/s1. The highest BCUT2D eigenvalue weighted by Gasteiger charge is 2.40. The fourth-order valence-corrected chi connectivity index (χ4v) is 3.98. The first-order chi connectivity index (χ1) is 11.5. The molecule has 3 heterocycles. The topological polar surface area (TPSA) is 60.2 Å². The van der Waals surface area contributed by atoms with Crippen molar-refractivity contribution < 1.29 is 14.3 Å². The number of amides is 1. The van der Waals surface area contributed by atoms with Gasteiger partial charge in [-0.1, -0.05) is 0 Å². The molecule has 0 spiro atoms. The molecule has 3 rings (SSSR count). The van der Waals surface area contributed by atoms with Crippen molar-refractivity contribution >= 4 is 5.91 Å². The number of hydrogen-bond acceptors (Lipinski definition) is 5. The smallest absolute Gasteiger partial charge is 0.225 e. The molecule has 0 saturated carbocycles. The summed E-state index contributed by atoms with van der Waals surface area (Å²) in [5, 5.41) is 10.6. The van der Waals surface area contributed by atoms with Gasteiger partial charge in [0.05, 0.1) is 25.0 Å². The summed E-state index contributed by atoms with van der Waals surface area (Å²) in [6.45, 7) is 4.42. The van der Waals surface area contributed by atoms with E-state index in [2.05, 4.69) is 4.90 Å². The monoisotopic (exact) mass is 335 g/mol. The van der Waals surface area contributed by atoms with Crippen LogP contribution in [0.5, 0.6) is 0 Å². The number of carbonyl (C=O) groups excluding carboxylic acids is 1. The van der Waals surface area contributed by atoms with Crippen molar-refractivity contribution in [3.63, 3.8) is 0 Å². The van der Waals surface area contributed by atoms with E-state index in [0.29, 0.717) is 26.1 Å². The average molecular weight is 335 g/mol. The number of likely N-dealkylation sites (tertiary alicyclic amines) is 2. The lowest BCUT2D eigenvalue weighted by atomic mass is 9.95. The summed E-state index contributed by atoms with van der Waals surface area (Å²) in [6.07, 6.45) is 4.16. The molecule has 134 valence electrons. The molecule has 0 radical (unpaired) electrons. The number of aliphatic hydroxyl groups is 1. The summed E-state index contributed by atoms with van der Waals surface area (Å²) in [7, 11) is 3.91. The maximum Gasteiger partial charge on any atom is 0.225 e. The van der Waals surface area contributed by atoms with Crippen molar-refractivity contribution in [1.82, 2.24) is 14.7 Å². The number of carbonyl (C=O) groups is 1. The maximum atomic E-state index is 12.8. The van der Waals surface area contributed by atoms with E-state index in [9.17, 15) is 9.90 Å². The van der Waals surface area contributed by atoms with E-state index in [1.54, 1.807) is 6.26 Å². The molecule has 1 atom stereocenters. The second-order valence-electron chi connectivity index (χ2n) is 7.60. The number of rotatable bonds is 5. The van der Waals surface area contributed by atoms with Crippen molar-refractivity contribution in [2.24, 2.45) is 5.92 Å². The molecule has 1 amide bonds. The van der Waals surface area contributed by atoms with Gasteiger partial charge in [-0.2, -0.15) is 0 Å². The van der Waals surface area contributed by atoms with E-state index in [0.717, 1.165) is 38.2 Å². The van der Waals surface area contributed by atoms with Crippen LogP contribution in [0.3, 0.4) is 0 Å². The largest absolute Gasteiger partial charge is 0.468 e. The van der Waals surface area contributed by atoms with E-state index in [1.165, 1.54) is 0 Å². The SMILES string of the molecule is CN(C)C[C@@]1(O)CCN(C(=O)C2CCN(Cc3ccco3)CC2)C1. The zero-order valence-corrected chi connectivity index (χ0v) is 14.8. The molecule has 1 N–H and O–H groups in total. The van der Waals surface area contributed by atoms with E-state index in [4.69, 9.17) is 4.42 Å². The third-order valence-corrected chi connectivity index (χ3v) is 5.15. The zero-order valence-electron chi connectivity index (χ0n) is 14.8. The number of furan rings is 1. The molecule has 0 unspecified atom stereocenters. The zero-order chi connectivity index (χ0) is 17.2. The molecular formula is C18H29N3O3. The summed E-state index contributed by atoms with van der Waals surface area (Å²) in [5.74, 6) is 1.30. The van der Waals surface area contributed by atoms with Crippen LogP contribution < -0.4 is 0 Å². The Bertz CT molecular complexity index is 538. The van der Waals surface area contributed by atoms with Crippen LogP contribution in [-0.4, -0.2) is 78.1 Å². The minimum absolute atomic E-state index is 0.0968. The summed E-state index contributed by atoms with van der Waals surface area (Å²) < 4.78 is 5.40. The molecule has 2 aliphatic heterocycles. The molecule has 0 aliphatic carbocycles. The van der Waals surface area contributed by atoms with Gasteiger partial charge in [0.2, 0.25) is 5.91 Å². The number of likely N-dealkylation sites (N-methyl/N-ethyl adjacent to an activating group) is 1. The van der Waals surface area contributed by atoms with Crippen LogP contribution in [0.1, 0.15) is 25.0 Å². The number of β-amino-alcohol motifs (C(OH)–C–C–N with tert-alkyl or cyclic N) is 1. The van der Waals surface area contributed by atoms with Crippen molar-refractivity contribution in [2.75, 3.05) is 46.8 Å². The van der Waals surface area contributed by atoms with E-state index < -0.39 is 5.60 Å². The predicted octanol–water partition coefficient (Wildman–Crippen LogP) is 1.02. The Hall–Kier alpha value is -1.37. The van der Waals surface area contributed by atoms with Crippen LogP contribution >= 0.6 is 0 Å². The third kappa shape index (κ3) is 4.18. The van der Waals surface area contributed by atoms with Gasteiger partial charge in [-0.3, -0.25) is 9.69 Å². The summed E-state index contributed by atoms with van der Waals surface area (Å²) in [5.41, 5.74) is -0.751. The van der Waals surface area contributed by atoms with Gasteiger partial charge in [0.25, 0.3) is 0 Å². The Morgan fingerprint density at radius 2 is 2.12 bits per heavy atom. The molecule has 1 aromatic heterocycles. The Morgan fingerprint density at radius 1 is 1.38 bits per heavy atom. The van der Waals surface area contributed by atoms with Gasteiger partial charge in [-0.05, 0) is 58.6 Å². The summed E-state index contributed by atoms with van der Waals surface area (Å²) in [6, 6.07) is 3.90. The Labute approximate surface area is 144 Å². The Kier molecular flexibility index (Phi) is 5.27. The minimum Gasteiger partial charge on any atom is -0.468 e. The number of hydrogen-bond donors (Lipinski definition) is 1. The minimum atomic E-state index is -0.751. The van der Waals surface area contributed by atoms with Gasteiger partial charge in [-0.25, -0.2) is 0 Å². The van der Waals surface area contributed by atoms with Gasteiger partial charge in [0, 0.05) is 19.0 Å². The summed E-state index contributed by atoms with van der Waals surface area (Å²) >= 11 is 0. The van der Waals surface area contributed by atoms with Crippen molar-refractivity contribution in [3.8, 4) is 0 Å². The molecule has 2 aliphatic rings. The molecule has 2 fully saturated rings. The highest BCUT2D eigenvalue weighted by Crippen LogP contribution is 2.27. The second-order valence-corrected chi connectivity index (χ2v) is 7.60. The quantitative estimate of drug-likeness (QED) is 0.870. The van der Waals surface area contributed by atoms with Crippen molar-refractivity contribution in [3.05, 3.63) is 24.2 Å². The highest BCUT2D eigenvalue weighted by molar-refractivity contribution is 5.79. The molecule has 0 bridgehead atoms. The van der Waals surface area contributed by atoms with Crippen LogP contribution in [0.4, 0.5) is 0 Å². The van der Waals surface area contributed by atoms with Crippen LogP contribution in [0, 0.1) is 5.92 Å². The number of nitrogens with zero attached hydrogens (tertiary/aromatic N) is 3. The van der Waals surface area contributed by atoms with E-state index in [1.807, 2.05) is 36.0 Å². The van der Waals surface area contributed by atoms with E-state index >= 15 is 0 Å². The molecule has 1 aromatic rings. The molecule has 0 aromatic carbocycles. The fourth-order valence-electron chi connectivity index (χ4n) is 3.98. The molecular weight excluding hydrogens is 306 g/mol. The normalized spacial score (nSPS) is 26.4. The molecule has 2 saturated heterocycles. The number of piperidine rings is 1. The lowest BCUT2D eigenvalue weighted by molar-refractivity contribution is -0.137. The van der Waals surface area contributed by atoms with Crippen LogP contribution in [0.2, 0.25) is 0 Å². The van der Waals surface area contributed by atoms with Gasteiger partial charge in [0.15, 0.2) is 0 Å². The molecule has 6 heteroatoms. The Balaban J connectivity index is 1.47. The second kappa shape index (κ2) is 7.25. The maximum absolute atomic E-state index is 12.8. The third-order valence-electron chi connectivity index (χ3n) is 5.15. The Morgan fingerprint density at radius 3 is 2.75 bits per heavy atom. The van der Waals surface area contributed by atoms with Gasteiger partial charge < -0.3 is 19.3 Å². The fraction of sp³-hybridized carbons (Fsp3) is 0.722. The lowest BCUT2D eigenvalue weighted by Crippen LogP contribution is -2.46. The lowest BCUT2D eigenvalue weighted by Gasteiger charge is -2.33. The van der Waals surface area contributed by atoms with Gasteiger partial charge >= 0.3 is 0 Å². The van der Waals surface area contributed by atoms with Gasteiger partial charge in [0.1, 0.15) is 5.76 Å². The van der Waals surface area contributed by atoms with E-state index in [-0.39, 0.29) is 11.8 Å². The molecule has 6 nitrogen and oxygen atoms in total.